The van der Waals surface area contributed by atoms with Gasteiger partial charge in [-0.1, -0.05) is 25.0 Å². The van der Waals surface area contributed by atoms with Gasteiger partial charge in [0, 0.05) is 12.6 Å². The molecule has 1 heterocycles. The van der Waals surface area contributed by atoms with E-state index in [1.54, 1.807) is 7.11 Å². The van der Waals surface area contributed by atoms with Crippen molar-refractivity contribution in [2.75, 3.05) is 13.7 Å². The van der Waals surface area contributed by atoms with Crippen LogP contribution in [0.15, 0.2) is 24.3 Å². The molecular weight excluding hydrogens is 344 g/mol. The molecule has 3 fully saturated rings. The first-order chi connectivity index (χ1) is 13.1. The van der Waals surface area contributed by atoms with Crippen molar-refractivity contribution in [2.45, 2.75) is 51.1 Å². The van der Waals surface area contributed by atoms with Crippen LogP contribution in [0.5, 0.6) is 5.75 Å². The van der Waals surface area contributed by atoms with E-state index in [0.29, 0.717) is 6.54 Å². The number of carbonyl (C=O) groups is 3. The summed E-state index contributed by atoms with van der Waals surface area (Å²) in [5.41, 5.74) is 1.02. The van der Waals surface area contributed by atoms with Gasteiger partial charge in [-0.15, -0.1) is 0 Å². The van der Waals surface area contributed by atoms with Crippen LogP contribution in [-0.4, -0.2) is 47.2 Å². The minimum atomic E-state index is -0.199. The van der Waals surface area contributed by atoms with Gasteiger partial charge in [0.1, 0.15) is 12.3 Å². The van der Waals surface area contributed by atoms with Crippen molar-refractivity contribution in [3.8, 4) is 5.75 Å². The molecule has 1 saturated heterocycles. The Balaban J connectivity index is 1.44. The number of nitrogens with zero attached hydrogens (tertiary/aromatic N) is 2. The number of imide groups is 1. The fourth-order valence-corrected chi connectivity index (χ4v) is 4.35. The molecule has 1 aromatic rings. The third-order valence-electron chi connectivity index (χ3n) is 6.05. The quantitative estimate of drug-likeness (QED) is 0.721. The van der Waals surface area contributed by atoms with Crippen LogP contribution in [-0.2, 0) is 20.9 Å². The van der Waals surface area contributed by atoms with E-state index in [-0.39, 0.29) is 42.1 Å². The molecular formula is C21H26N2O4. The maximum Gasteiger partial charge on any atom is 0.243 e. The third-order valence-corrected chi connectivity index (χ3v) is 6.05. The Morgan fingerprint density at radius 3 is 2.15 bits per heavy atom. The Morgan fingerprint density at radius 1 is 1.04 bits per heavy atom. The summed E-state index contributed by atoms with van der Waals surface area (Å²) < 4.78 is 5.18. The normalized spacial score (nSPS) is 24.7. The average molecular weight is 370 g/mol. The van der Waals surface area contributed by atoms with Crippen LogP contribution >= 0.6 is 0 Å². The van der Waals surface area contributed by atoms with E-state index >= 15 is 0 Å². The smallest absolute Gasteiger partial charge is 0.243 e. The van der Waals surface area contributed by atoms with Gasteiger partial charge >= 0.3 is 0 Å². The van der Waals surface area contributed by atoms with Crippen molar-refractivity contribution in [3.05, 3.63) is 29.8 Å². The molecule has 27 heavy (non-hydrogen) atoms. The summed E-state index contributed by atoms with van der Waals surface area (Å²) in [6.45, 7) is 0.383. The highest BCUT2D eigenvalue weighted by Crippen LogP contribution is 2.38. The van der Waals surface area contributed by atoms with Gasteiger partial charge in [-0.2, -0.15) is 0 Å². The van der Waals surface area contributed by atoms with Crippen LogP contribution in [0.1, 0.15) is 44.1 Å². The summed E-state index contributed by atoms with van der Waals surface area (Å²) in [4.78, 5) is 41.3. The van der Waals surface area contributed by atoms with Crippen molar-refractivity contribution in [2.24, 2.45) is 11.8 Å². The Hall–Kier alpha value is -2.37. The van der Waals surface area contributed by atoms with E-state index in [1.165, 1.54) is 4.90 Å². The predicted molar refractivity (Wildman–Crippen MR) is 98.7 cm³/mol. The fraction of sp³-hybridized carbons (Fsp3) is 0.571. The zero-order valence-corrected chi connectivity index (χ0v) is 15.7. The number of fused-ring (bicyclic) bond motifs is 1. The molecule has 1 aromatic carbocycles. The number of ether oxygens (including phenoxy) is 1. The number of benzene rings is 1. The summed E-state index contributed by atoms with van der Waals surface area (Å²) in [6.07, 6.45) is 5.50. The highest BCUT2D eigenvalue weighted by Gasteiger charge is 2.49. The second-order valence-electron chi connectivity index (χ2n) is 7.86. The number of hydrogen-bond donors (Lipinski definition) is 0. The molecule has 2 aliphatic carbocycles. The Kier molecular flexibility index (Phi) is 4.89. The lowest BCUT2D eigenvalue weighted by Gasteiger charge is -2.25. The molecule has 2 unspecified atom stereocenters. The first-order valence-corrected chi connectivity index (χ1v) is 9.86. The highest BCUT2D eigenvalue weighted by molar-refractivity contribution is 6.07. The monoisotopic (exact) mass is 370 g/mol. The van der Waals surface area contributed by atoms with E-state index in [1.807, 2.05) is 29.2 Å². The molecule has 0 aromatic heterocycles. The SMILES string of the molecule is COc1ccc(CN(C(=O)CN2C(=O)C3CCCCC3C2=O)C2CC2)cc1. The zero-order chi connectivity index (χ0) is 19.0. The van der Waals surface area contributed by atoms with E-state index in [4.69, 9.17) is 4.74 Å². The van der Waals surface area contributed by atoms with Gasteiger partial charge in [0.05, 0.1) is 18.9 Å². The van der Waals surface area contributed by atoms with Gasteiger partial charge in [0.2, 0.25) is 17.7 Å². The molecule has 4 rings (SSSR count). The first kappa shape index (κ1) is 18.0. The van der Waals surface area contributed by atoms with Crippen molar-refractivity contribution in [1.29, 1.82) is 0 Å². The molecule has 0 radical (unpaired) electrons. The van der Waals surface area contributed by atoms with Gasteiger partial charge < -0.3 is 9.64 Å². The summed E-state index contributed by atoms with van der Waals surface area (Å²) in [5.74, 6) is -0.0332. The summed E-state index contributed by atoms with van der Waals surface area (Å²) in [7, 11) is 1.62. The van der Waals surface area contributed by atoms with E-state index in [0.717, 1.165) is 49.8 Å². The van der Waals surface area contributed by atoms with Gasteiger partial charge in [0.15, 0.2) is 0 Å². The predicted octanol–water partition coefficient (Wildman–Crippen LogP) is 2.36. The van der Waals surface area contributed by atoms with Crippen molar-refractivity contribution >= 4 is 17.7 Å². The molecule has 144 valence electrons. The molecule has 6 heteroatoms. The van der Waals surface area contributed by atoms with E-state index in [9.17, 15) is 14.4 Å². The van der Waals surface area contributed by atoms with Crippen LogP contribution in [0.3, 0.4) is 0 Å². The van der Waals surface area contributed by atoms with Gasteiger partial charge in [-0.05, 0) is 43.4 Å². The van der Waals surface area contributed by atoms with Crippen LogP contribution in [0.25, 0.3) is 0 Å². The van der Waals surface area contributed by atoms with Crippen LogP contribution in [0.4, 0.5) is 0 Å². The molecule has 0 N–H and O–H groups in total. The van der Waals surface area contributed by atoms with E-state index in [2.05, 4.69) is 0 Å². The number of methoxy groups -OCH3 is 1. The molecule has 0 spiro atoms. The molecule has 3 amide bonds. The van der Waals surface area contributed by atoms with Crippen molar-refractivity contribution in [1.82, 2.24) is 9.80 Å². The van der Waals surface area contributed by atoms with Crippen LogP contribution in [0.2, 0.25) is 0 Å². The van der Waals surface area contributed by atoms with Crippen LogP contribution in [0, 0.1) is 11.8 Å². The lowest BCUT2D eigenvalue weighted by Crippen LogP contribution is -2.43. The van der Waals surface area contributed by atoms with Crippen molar-refractivity contribution in [3.63, 3.8) is 0 Å². The standard InChI is InChI=1S/C21H26N2O4/c1-27-16-10-6-14(7-11-16)12-22(15-8-9-15)19(24)13-23-20(25)17-4-2-3-5-18(17)21(23)26/h6-7,10-11,15,17-18H,2-5,8-9,12-13H2,1H3. The Bertz CT molecular complexity index is 717. The fourth-order valence-electron chi connectivity index (χ4n) is 4.35. The van der Waals surface area contributed by atoms with Crippen LogP contribution < -0.4 is 4.74 Å². The molecule has 0 bridgehead atoms. The number of hydrogen-bond acceptors (Lipinski definition) is 4. The summed E-state index contributed by atoms with van der Waals surface area (Å²) in [6, 6.07) is 7.87. The van der Waals surface area contributed by atoms with E-state index < -0.39 is 0 Å². The number of amides is 3. The Morgan fingerprint density at radius 2 is 1.63 bits per heavy atom. The minimum Gasteiger partial charge on any atom is -0.497 e. The number of likely N-dealkylation sites (tertiary alicyclic amines) is 1. The third kappa shape index (κ3) is 3.57. The molecule has 2 saturated carbocycles. The maximum absolute atomic E-state index is 13.0. The van der Waals surface area contributed by atoms with Gasteiger partial charge in [0.25, 0.3) is 0 Å². The zero-order valence-electron chi connectivity index (χ0n) is 15.7. The average Bonchev–Trinajstić information content (AvgIpc) is 3.51. The first-order valence-electron chi connectivity index (χ1n) is 9.86. The maximum atomic E-state index is 13.0. The summed E-state index contributed by atoms with van der Waals surface area (Å²) in [5, 5.41) is 0. The second-order valence-corrected chi connectivity index (χ2v) is 7.86. The van der Waals surface area contributed by atoms with Gasteiger partial charge in [-0.3, -0.25) is 19.3 Å². The lowest BCUT2D eigenvalue weighted by atomic mass is 9.81. The molecule has 6 nitrogen and oxygen atoms in total. The minimum absolute atomic E-state index is 0.114. The Labute approximate surface area is 159 Å². The number of rotatable bonds is 6. The topological polar surface area (TPSA) is 66.9 Å². The van der Waals surface area contributed by atoms with Crippen molar-refractivity contribution < 1.29 is 19.1 Å². The second kappa shape index (κ2) is 7.33. The summed E-state index contributed by atoms with van der Waals surface area (Å²) >= 11 is 0. The molecule has 1 aliphatic heterocycles. The molecule has 2 atom stereocenters. The molecule has 3 aliphatic rings. The largest absolute Gasteiger partial charge is 0.497 e. The lowest BCUT2D eigenvalue weighted by molar-refractivity contribution is -0.147. The highest BCUT2D eigenvalue weighted by atomic mass is 16.5. The van der Waals surface area contributed by atoms with Gasteiger partial charge in [-0.25, -0.2) is 0 Å². The number of carbonyl (C=O) groups excluding carboxylic acids is 3.